The van der Waals surface area contributed by atoms with E-state index in [-0.39, 0.29) is 10.6 Å². The van der Waals surface area contributed by atoms with E-state index in [0.717, 1.165) is 19.2 Å². The van der Waals surface area contributed by atoms with Crippen LogP contribution in [0.3, 0.4) is 0 Å². The molecule has 1 aliphatic rings. The van der Waals surface area contributed by atoms with Crippen molar-refractivity contribution in [2.24, 2.45) is 0 Å². The first-order valence-corrected chi connectivity index (χ1v) is 5.92. The van der Waals surface area contributed by atoms with E-state index in [4.69, 9.17) is 25.3 Å². The average Bonchev–Trinajstić information content (AvgIpc) is 2.71. The molecule has 0 aromatic heterocycles. The van der Waals surface area contributed by atoms with Gasteiger partial charge in [-0.05, 0) is 44.5 Å². The Morgan fingerprint density at radius 1 is 1.40 bits per heavy atom. The van der Waals surface area contributed by atoms with Gasteiger partial charge in [0.25, 0.3) is 0 Å². The summed E-state index contributed by atoms with van der Waals surface area (Å²) in [5.74, 6) is -2.38. The van der Waals surface area contributed by atoms with Gasteiger partial charge in [-0.15, -0.1) is 0 Å². The molecular formula is C17H27NO2. The summed E-state index contributed by atoms with van der Waals surface area (Å²) in [6.45, 7) is -6.56. The predicted octanol–water partition coefficient (Wildman–Crippen LogP) is 3.04. The predicted molar refractivity (Wildman–Crippen MR) is 82.3 cm³/mol. The topological polar surface area (TPSA) is 32.7 Å². The number of nitrogens with zero attached hydrogens (tertiary/aromatic N) is 1. The third-order valence-electron chi connectivity index (χ3n) is 2.82. The van der Waals surface area contributed by atoms with Gasteiger partial charge in [0, 0.05) is 33.0 Å². The van der Waals surface area contributed by atoms with E-state index in [9.17, 15) is 5.11 Å². The van der Waals surface area contributed by atoms with Gasteiger partial charge in [0.05, 0.1) is 12.7 Å². The first kappa shape index (κ1) is 4.99. The maximum absolute atomic E-state index is 11.8. The summed E-state index contributed by atoms with van der Waals surface area (Å²) in [5, 5.41) is 11.8. The number of benzene rings is 1. The molecule has 0 heterocycles. The SMILES string of the molecule is [2H]C([2H])([2H])N(C)C([2H])([2H])[C@H](c1ccc(OC)cc1)C1(O)C([2H])([2H])C([2H])([2H])C([2H])([2H])C([2H])([2H])C1([2H])[2H]. The quantitative estimate of drug-likeness (QED) is 0.905. The summed E-state index contributed by atoms with van der Waals surface area (Å²) in [7, 11) is 2.06. The Bertz CT molecular complexity index is 912. The average molecular weight is 292 g/mol. The van der Waals surface area contributed by atoms with Crippen molar-refractivity contribution in [3.05, 3.63) is 29.8 Å². The molecule has 20 heavy (non-hydrogen) atoms. The Labute approximate surface area is 143 Å². The van der Waals surface area contributed by atoms with Crippen LogP contribution < -0.4 is 4.74 Å². The van der Waals surface area contributed by atoms with Crippen LogP contribution in [0.2, 0.25) is 0 Å². The zero-order valence-electron chi connectivity index (χ0n) is 26.2. The van der Waals surface area contributed by atoms with Crippen molar-refractivity contribution in [2.75, 3.05) is 27.6 Å². The third-order valence-corrected chi connectivity index (χ3v) is 2.82. The van der Waals surface area contributed by atoms with Gasteiger partial charge in [-0.3, -0.25) is 0 Å². The largest absolute Gasteiger partial charge is 0.497 e. The van der Waals surface area contributed by atoms with Gasteiger partial charge in [-0.25, -0.2) is 0 Å². The van der Waals surface area contributed by atoms with Crippen LogP contribution in [0.5, 0.6) is 5.75 Å². The highest BCUT2D eigenvalue weighted by Crippen LogP contribution is 2.40. The van der Waals surface area contributed by atoms with Crippen LogP contribution in [0, 0.1) is 0 Å². The van der Waals surface area contributed by atoms with E-state index < -0.39 is 62.4 Å². The minimum atomic E-state index is -3.99. The monoisotopic (exact) mass is 292 g/mol. The lowest BCUT2D eigenvalue weighted by Gasteiger charge is -2.40. The number of hydrogen-bond donors (Lipinski definition) is 1. The molecule has 1 N–H and O–H groups in total. The van der Waals surface area contributed by atoms with Gasteiger partial charge in [0.1, 0.15) is 5.75 Å². The van der Waals surface area contributed by atoms with E-state index in [2.05, 4.69) is 0 Å². The Kier molecular flexibility index (Phi) is 1.65. The zero-order valence-corrected chi connectivity index (χ0v) is 11.2. The van der Waals surface area contributed by atoms with Crippen LogP contribution in [-0.4, -0.2) is 43.2 Å². The van der Waals surface area contributed by atoms with E-state index in [1.54, 1.807) is 0 Å². The fourth-order valence-corrected chi connectivity index (χ4v) is 1.86. The molecule has 1 aromatic carbocycles. The molecular weight excluding hydrogens is 250 g/mol. The molecule has 1 aliphatic carbocycles. The second-order valence-corrected chi connectivity index (χ2v) is 4.29. The summed E-state index contributed by atoms with van der Waals surface area (Å²) in [4.78, 5) is 0.118. The van der Waals surface area contributed by atoms with E-state index in [0.29, 0.717) is 0 Å². The Balaban J connectivity index is 3.07. The van der Waals surface area contributed by atoms with Crippen molar-refractivity contribution in [3.8, 4) is 5.75 Å². The molecule has 3 heteroatoms. The van der Waals surface area contributed by atoms with Crippen molar-refractivity contribution in [2.45, 2.75) is 43.4 Å². The van der Waals surface area contributed by atoms with Gasteiger partial charge in [-0.1, -0.05) is 31.3 Å². The number of aliphatic hydroxyl groups is 1. The van der Waals surface area contributed by atoms with Crippen molar-refractivity contribution >= 4 is 0 Å². The molecule has 112 valence electrons. The zero-order chi connectivity index (χ0) is 27.8. The first-order chi connectivity index (χ1) is 15.3. The van der Waals surface area contributed by atoms with Crippen LogP contribution in [0.15, 0.2) is 24.3 Å². The third kappa shape index (κ3) is 3.53. The number of ether oxygens (including phenoxy) is 1. The van der Waals surface area contributed by atoms with Crippen molar-refractivity contribution in [3.63, 3.8) is 0 Å². The molecule has 1 fully saturated rings. The molecule has 0 bridgehead atoms. The molecule has 0 amide bonds. The van der Waals surface area contributed by atoms with Gasteiger partial charge in [0.2, 0.25) is 0 Å². The maximum atomic E-state index is 11.8. The van der Waals surface area contributed by atoms with Crippen LogP contribution in [0.1, 0.15) is 63.9 Å². The van der Waals surface area contributed by atoms with Crippen molar-refractivity contribution in [1.29, 1.82) is 0 Å². The minimum Gasteiger partial charge on any atom is -0.497 e. The highest BCUT2D eigenvalue weighted by molar-refractivity contribution is 5.31. The normalized spacial score (nSPS) is 44.9. The number of methoxy groups -OCH3 is 1. The number of rotatable bonds is 5. The van der Waals surface area contributed by atoms with Crippen molar-refractivity contribution < 1.29 is 30.4 Å². The lowest BCUT2D eigenvalue weighted by Crippen LogP contribution is -2.42. The lowest BCUT2D eigenvalue weighted by atomic mass is 9.72. The van der Waals surface area contributed by atoms with Crippen LogP contribution in [-0.2, 0) is 0 Å². The lowest BCUT2D eigenvalue weighted by molar-refractivity contribution is -0.0277. The van der Waals surface area contributed by atoms with Gasteiger partial charge in [0.15, 0.2) is 0 Å². The number of likely N-dealkylation sites (N-methyl/N-ethyl adjacent to an activating group) is 1. The van der Waals surface area contributed by atoms with E-state index in [1.807, 2.05) is 0 Å². The van der Waals surface area contributed by atoms with Gasteiger partial charge < -0.3 is 14.7 Å². The molecule has 0 aliphatic heterocycles. The summed E-state index contributed by atoms with van der Waals surface area (Å²) < 4.78 is 128. The fourth-order valence-electron chi connectivity index (χ4n) is 1.86. The van der Waals surface area contributed by atoms with Crippen LogP contribution in [0.25, 0.3) is 0 Å². The van der Waals surface area contributed by atoms with Gasteiger partial charge >= 0.3 is 0 Å². The smallest absolute Gasteiger partial charge is 0.118 e. The van der Waals surface area contributed by atoms with Crippen LogP contribution >= 0.6 is 0 Å². The molecule has 1 saturated carbocycles. The first-order valence-electron chi connectivity index (χ1n) is 13.4. The highest BCUT2D eigenvalue weighted by atomic mass is 16.5. The molecule has 0 spiro atoms. The Morgan fingerprint density at radius 3 is 2.60 bits per heavy atom. The van der Waals surface area contributed by atoms with E-state index >= 15 is 0 Å². The molecule has 1 atom stereocenters. The molecule has 1 aromatic rings. The molecule has 0 radical (unpaired) electrons. The second-order valence-electron chi connectivity index (χ2n) is 4.29. The minimum absolute atomic E-state index is 0.118. The summed E-state index contributed by atoms with van der Waals surface area (Å²) in [6, 6.07) is 4.61. The summed E-state index contributed by atoms with van der Waals surface area (Å²) >= 11 is 0. The Morgan fingerprint density at radius 2 is 2.05 bits per heavy atom. The fraction of sp³-hybridized carbons (Fsp3) is 0.647. The second kappa shape index (κ2) is 6.59. The number of hydrogen-bond acceptors (Lipinski definition) is 3. The van der Waals surface area contributed by atoms with E-state index in [1.165, 1.54) is 19.2 Å². The molecule has 2 rings (SSSR count). The Hall–Kier alpha value is -1.06. The summed E-state index contributed by atoms with van der Waals surface area (Å²) in [5.41, 5.74) is -4.40. The standard InChI is InChI=1S/C17H27NO2/c1-18(2)13-16(17(19)11-5-4-6-12-17)14-7-9-15(20-3)10-8-14/h7-10,16,19H,4-6,11-13H2,1-3H3/t16-/m1/s1/i1D3,4D2,5D2,6D2,11D2,12D2,13D2. The molecule has 3 nitrogen and oxygen atoms in total. The molecule has 0 unspecified atom stereocenters. The highest BCUT2D eigenvalue weighted by Gasteiger charge is 2.38. The molecule has 0 saturated heterocycles. The van der Waals surface area contributed by atoms with Crippen molar-refractivity contribution in [1.82, 2.24) is 4.90 Å². The summed E-state index contributed by atoms with van der Waals surface area (Å²) in [6.07, 6.45) is -19.7. The van der Waals surface area contributed by atoms with Crippen LogP contribution in [0.4, 0.5) is 0 Å². The van der Waals surface area contributed by atoms with Gasteiger partial charge in [-0.2, -0.15) is 0 Å². The maximum Gasteiger partial charge on any atom is 0.118 e.